The predicted molar refractivity (Wildman–Crippen MR) is 98.4 cm³/mol. The number of carbonyl (C=O) groups is 2. The molecule has 0 saturated carbocycles. The third kappa shape index (κ3) is 7.59. The maximum atomic E-state index is 12.3. The molecule has 0 spiro atoms. The van der Waals surface area contributed by atoms with Crippen molar-refractivity contribution in [2.75, 3.05) is 19.1 Å². The Labute approximate surface area is 147 Å². The molecule has 0 aliphatic rings. The van der Waals surface area contributed by atoms with Crippen LogP contribution in [0.15, 0.2) is 24.3 Å². The molecule has 0 aliphatic heterocycles. The molecule has 0 aromatic heterocycles. The van der Waals surface area contributed by atoms with E-state index in [-0.39, 0.29) is 11.9 Å². The van der Waals surface area contributed by atoms with Crippen LogP contribution in [0.2, 0.25) is 0 Å². The summed E-state index contributed by atoms with van der Waals surface area (Å²) >= 11 is 1.62. The van der Waals surface area contributed by atoms with Gasteiger partial charge >= 0.3 is 6.03 Å². The highest BCUT2D eigenvalue weighted by atomic mass is 32.2. The van der Waals surface area contributed by atoms with Crippen LogP contribution in [0.25, 0.3) is 0 Å². The lowest BCUT2D eigenvalue weighted by molar-refractivity contribution is -0.123. The molecule has 1 rings (SSSR count). The van der Waals surface area contributed by atoms with Gasteiger partial charge in [-0.25, -0.2) is 4.79 Å². The van der Waals surface area contributed by atoms with Gasteiger partial charge < -0.3 is 21.1 Å². The largest absolute Gasteiger partial charge is 0.497 e. The zero-order valence-electron chi connectivity index (χ0n) is 14.5. The lowest BCUT2D eigenvalue weighted by Crippen LogP contribution is -2.50. The van der Waals surface area contributed by atoms with E-state index < -0.39 is 12.1 Å². The number of hydrogen-bond donors (Lipinski definition) is 3. The number of urea groups is 1. The molecule has 3 amide bonds. The summed E-state index contributed by atoms with van der Waals surface area (Å²) in [4.78, 5) is 23.3. The van der Waals surface area contributed by atoms with Crippen molar-refractivity contribution in [3.63, 3.8) is 0 Å². The van der Waals surface area contributed by atoms with Gasteiger partial charge in [0.15, 0.2) is 0 Å². The fourth-order valence-corrected chi connectivity index (χ4v) is 2.74. The molecule has 0 saturated heterocycles. The van der Waals surface area contributed by atoms with Gasteiger partial charge in [0.05, 0.1) is 7.11 Å². The lowest BCUT2D eigenvalue weighted by Gasteiger charge is -2.20. The summed E-state index contributed by atoms with van der Waals surface area (Å²) in [5.41, 5.74) is 6.33. The minimum absolute atomic E-state index is 0.00561. The number of nitrogens with one attached hydrogen (secondary N) is 2. The van der Waals surface area contributed by atoms with Gasteiger partial charge in [0.2, 0.25) is 5.91 Å². The SMILES string of the molecule is COc1ccc(CCC(C)NC(=O)C(CCSC)NC(N)=O)cc1. The molecule has 1 aromatic carbocycles. The number of primary amides is 1. The summed E-state index contributed by atoms with van der Waals surface area (Å²) in [6.07, 6.45) is 4.17. The molecule has 2 unspecified atom stereocenters. The Balaban J connectivity index is 2.46. The van der Waals surface area contributed by atoms with Crippen molar-refractivity contribution in [3.05, 3.63) is 29.8 Å². The second kappa shape index (κ2) is 10.8. The van der Waals surface area contributed by atoms with Gasteiger partial charge in [-0.1, -0.05) is 12.1 Å². The standard InChI is InChI=1S/C17H27N3O3S/c1-12(4-5-13-6-8-14(23-2)9-7-13)19-16(21)15(10-11-24-3)20-17(18)22/h6-9,12,15H,4-5,10-11H2,1-3H3,(H,19,21)(H3,18,20,22). The molecule has 24 heavy (non-hydrogen) atoms. The highest BCUT2D eigenvalue weighted by Gasteiger charge is 2.20. The Kier molecular flexibility index (Phi) is 9.07. The molecule has 0 aliphatic carbocycles. The summed E-state index contributed by atoms with van der Waals surface area (Å²) in [5.74, 6) is 1.41. The van der Waals surface area contributed by atoms with E-state index in [1.807, 2.05) is 37.4 Å². The Morgan fingerprint density at radius 2 is 1.88 bits per heavy atom. The quantitative estimate of drug-likeness (QED) is 0.599. The third-order valence-electron chi connectivity index (χ3n) is 3.66. The van der Waals surface area contributed by atoms with Crippen LogP contribution in [0.4, 0.5) is 4.79 Å². The van der Waals surface area contributed by atoms with E-state index in [1.54, 1.807) is 18.9 Å². The van der Waals surface area contributed by atoms with Crippen molar-refractivity contribution in [1.29, 1.82) is 0 Å². The van der Waals surface area contributed by atoms with Gasteiger partial charge in [-0.3, -0.25) is 4.79 Å². The molecule has 0 fully saturated rings. The van der Waals surface area contributed by atoms with Gasteiger partial charge in [-0.15, -0.1) is 0 Å². The molecular weight excluding hydrogens is 326 g/mol. The second-order valence-electron chi connectivity index (χ2n) is 5.64. The number of hydrogen-bond acceptors (Lipinski definition) is 4. The molecule has 134 valence electrons. The molecule has 1 aromatic rings. The van der Waals surface area contributed by atoms with Crippen LogP contribution >= 0.6 is 11.8 Å². The molecular formula is C17H27N3O3S. The highest BCUT2D eigenvalue weighted by Crippen LogP contribution is 2.13. The van der Waals surface area contributed by atoms with Crippen LogP contribution in [0, 0.1) is 0 Å². The molecule has 0 heterocycles. The van der Waals surface area contributed by atoms with E-state index in [9.17, 15) is 9.59 Å². The van der Waals surface area contributed by atoms with E-state index in [0.29, 0.717) is 6.42 Å². The number of thioether (sulfide) groups is 1. The second-order valence-corrected chi connectivity index (χ2v) is 6.62. The number of amides is 3. The van der Waals surface area contributed by atoms with Gasteiger partial charge in [0.25, 0.3) is 0 Å². The topological polar surface area (TPSA) is 93.4 Å². The van der Waals surface area contributed by atoms with Crippen molar-refractivity contribution in [3.8, 4) is 5.75 Å². The molecule has 2 atom stereocenters. The fraction of sp³-hybridized carbons (Fsp3) is 0.529. The van der Waals surface area contributed by atoms with Gasteiger partial charge in [0, 0.05) is 6.04 Å². The predicted octanol–water partition coefficient (Wildman–Crippen LogP) is 1.92. The van der Waals surface area contributed by atoms with E-state index >= 15 is 0 Å². The Hall–Kier alpha value is -1.89. The first-order chi connectivity index (χ1) is 11.5. The Morgan fingerprint density at radius 1 is 1.21 bits per heavy atom. The number of nitrogens with two attached hydrogens (primary N) is 1. The molecule has 6 nitrogen and oxygen atoms in total. The number of rotatable bonds is 10. The minimum atomic E-state index is -0.679. The van der Waals surface area contributed by atoms with Crippen molar-refractivity contribution in [2.24, 2.45) is 5.73 Å². The number of ether oxygens (including phenoxy) is 1. The van der Waals surface area contributed by atoms with E-state index in [4.69, 9.17) is 10.5 Å². The van der Waals surface area contributed by atoms with Crippen LogP contribution in [0.5, 0.6) is 5.75 Å². The Morgan fingerprint density at radius 3 is 2.42 bits per heavy atom. The lowest BCUT2D eigenvalue weighted by atomic mass is 10.1. The maximum absolute atomic E-state index is 12.3. The molecule has 7 heteroatoms. The van der Waals surface area contributed by atoms with Crippen molar-refractivity contribution in [2.45, 2.75) is 38.3 Å². The zero-order chi connectivity index (χ0) is 17.9. The smallest absolute Gasteiger partial charge is 0.312 e. The van der Waals surface area contributed by atoms with Crippen molar-refractivity contribution in [1.82, 2.24) is 10.6 Å². The number of aryl methyl sites for hydroxylation is 1. The maximum Gasteiger partial charge on any atom is 0.312 e. The van der Waals surface area contributed by atoms with E-state index in [2.05, 4.69) is 10.6 Å². The number of methoxy groups -OCH3 is 1. The first-order valence-electron chi connectivity index (χ1n) is 7.94. The number of benzene rings is 1. The molecule has 0 bridgehead atoms. The van der Waals surface area contributed by atoms with Crippen molar-refractivity contribution < 1.29 is 14.3 Å². The van der Waals surface area contributed by atoms with Crippen LogP contribution < -0.4 is 21.1 Å². The van der Waals surface area contributed by atoms with Crippen LogP contribution in [0.3, 0.4) is 0 Å². The monoisotopic (exact) mass is 353 g/mol. The van der Waals surface area contributed by atoms with Crippen molar-refractivity contribution >= 4 is 23.7 Å². The summed E-state index contributed by atoms with van der Waals surface area (Å²) in [7, 11) is 1.64. The first kappa shape index (κ1) is 20.2. The molecule has 0 radical (unpaired) electrons. The average Bonchev–Trinajstić information content (AvgIpc) is 2.56. The van der Waals surface area contributed by atoms with E-state index in [0.717, 1.165) is 24.3 Å². The van der Waals surface area contributed by atoms with Gasteiger partial charge in [-0.2, -0.15) is 11.8 Å². The van der Waals surface area contributed by atoms with Gasteiger partial charge in [-0.05, 0) is 55.9 Å². The van der Waals surface area contributed by atoms with Crippen LogP contribution in [-0.2, 0) is 11.2 Å². The Bertz CT molecular complexity index is 522. The third-order valence-corrected chi connectivity index (χ3v) is 4.30. The zero-order valence-corrected chi connectivity index (χ0v) is 15.3. The van der Waals surface area contributed by atoms with Crippen LogP contribution in [0.1, 0.15) is 25.3 Å². The summed E-state index contributed by atoms with van der Waals surface area (Å²) in [6, 6.07) is 6.63. The summed E-state index contributed by atoms with van der Waals surface area (Å²) in [6.45, 7) is 1.96. The number of carbonyl (C=O) groups excluding carboxylic acids is 2. The van der Waals surface area contributed by atoms with E-state index in [1.165, 1.54) is 5.56 Å². The minimum Gasteiger partial charge on any atom is -0.497 e. The highest BCUT2D eigenvalue weighted by molar-refractivity contribution is 7.98. The summed E-state index contributed by atoms with van der Waals surface area (Å²) < 4.78 is 5.13. The average molecular weight is 353 g/mol. The van der Waals surface area contributed by atoms with Crippen LogP contribution in [-0.4, -0.2) is 43.1 Å². The fourth-order valence-electron chi connectivity index (χ4n) is 2.27. The normalized spacial score (nSPS) is 13.0. The first-order valence-corrected chi connectivity index (χ1v) is 9.33. The van der Waals surface area contributed by atoms with Gasteiger partial charge in [0.1, 0.15) is 11.8 Å². The molecule has 4 N–H and O–H groups in total. The summed E-state index contributed by atoms with van der Waals surface area (Å²) in [5, 5.41) is 5.45.